The van der Waals surface area contributed by atoms with E-state index in [1.54, 1.807) is 6.07 Å². The third-order valence-electron chi connectivity index (χ3n) is 7.30. The average molecular weight is 462 g/mol. The second-order valence-corrected chi connectivity index (χ2v) is 9.59. The molecule has 176 valence electrons. The van der Waals surface area contributed by atoms with Crippen LogP contribution in [0.3, 0.4) is 0 Å². The Labute approximate surface area is 199 Å². The summed E-state index contributed by atoms with van der Waals surface area (Å²) in [5, 5.41) is 10.3. The number of hydrogen-bond donors (Lipinski definition) is 0. The second-order valence-electron chi connectivity index (χ2n) is 9.59. The van der Waals surface area contributed by atoms with Crippen molar-refractivity contribution < 1.29 is 13.2 Å². The van der Waals surface area contributed by atoms with E-state index in [-0.39, 0.29) is 12.2 Å². The summed E-state index contributed by atoms with van der Waals surface area (Å²) in [5.74, 6) is -0.462. The molecule has 34 heavy (non-hydrogen) atoms. The smallest absolute Gasteiger partial charge is 0.144 e. The summed E-state index contributed by atoms with van der Waals surface area (Å²) in [7, 11) is 0. The highest BCUT2D eigenvalue weighted by Crippen LogP contribution is 2.34. The minimum absolute atomic E-state index is 0.279. The lowest BCUT2D eigenvalue weighted by atomic mass is 9.78. The predicted octanol–water partition coefficient (Wildman–Crippen LogP) is 8.23. The van der Waals surface area contributed by atoms with Crippen LogP contribution in [0, 0.1) is 40.6 Å². The summed E-state index contributed by atoms with van der Waals surface area (Å²) >= 11 is 0. The Morgan fingerprint density at radius 1 is 0.853 bits per heavy atom. The molecule has 1 fully saturated rings. The maximum absolute atomic E-state index is 15.2. The summed E-state index contributed by atoms with van der Waals surface area (Å²) in [5.41, 5.74) is 1.57. The van der Waals surface area contributed by atoms with Gasteiger partial charge < -0.3 is 0 Å². The Hall–Kier alpha value is -3.06. The van der Waals surface area contributed by atoms with Crippen LogP contribution in [0.4, 0.5) is 13.2 Å². The van der Waals surface area contributed by atoms with Gasteiger partial charge in [0.1, 0.15) is 29.1 Å². The summed E-state index contributed by atoms with van der Waals surface area (Å²) in [4.78, 5) is 0. The summed E-state index contributed by atoms with van der Waals surface area (Å²) in [6.07, 6.45) is 11.1. The topological polar surface area (TPSA) is 23.8 Å². The normalized spacial score (nSPS) is 18.1. The molecule has 3 aromatic carbocycles. The average Bonchev–Trinajstić information content (AvgIpc) is 2.83. The standard InChI is InChI=1S/C30H30F3N/c1-2-3-20-4-6-21(7-5-20)8-9-22-11-15-26-25(16-22)14-13-24(30(26)33)12-10-23-17-28(31)27(19-34)29(32)18-23/h2,11,13-18,20-21H,1,3-10,12H2. The lowest BCUT2D eigenvalue weighted by molar-refractivity contribution is 0.265. The highest BCUT2D eigenvalue weighted by molar-refractivity contribution is 5.84. The zero-order valence-corrected chi connectivity index (χ0v) is 19.4. The lowest BCUT2D eigenvalue weighted by Gasteiger charge is -2.27. The van der Waals surface area contributed by atoms with E-state index in [0.29, 0.717) is 22.9 Å². The molecule has 0 unspecified atom stereocenters. The molecule has 1 aliphatic carbocycles. The second kappa shape index (κ2) is 10.9. The molecule has 0 heterocycles. The summed E-state index contributed by atoms with van der Waals surface area (Å²) in [6.45, 7) is 3.86. The number of rotatable bonds is 8. The maximum atomic E-state index is 15.2. The molecule has 0 N–H and O–H groups in total. The molecule has 0 saturated heterocycles. The van der Waals surface area contributed by atoms with Gasteiger partial charge in [0.15, 0.2) is 0 Å². The Balaban J connectivity index is 1.39. The van der Waals surface area contributed by atoms with Crippen LogP contribution >= 0.6 is 0 Å². The van der Waals surface area contributed by atoms with E-state index < -0.39 is 17.2 Å². The SMILES string of the molecule is C=CCC1CCC(CCc2ccc3c(F)c(CCc4cc(F)c(C#N)c(F)c4)ccc3c2)CC1. The van der Waals surface area contributed by atoms with Crippen LogP contribution in [-0.2, 0) is 19.3 Å². The molecular formula is C30H30F3N. The van der Waals surface area contributed by atoms with Crippen molar-refractivity contribution >= 4 is 10.8 Å². The minimum atomic E-state index is -0.881. The van der Waals surface area contributed by atoms with E-state index >= 15 is 4.39 Å². The molecule has 4 heteroatoms. The molecule has 1 saturated carbocycles. The number of allylic oxidation sites excluding steroid dienone is 1. The van der Waals surface area contributed by atoms with E-state index in [4.69, 9.17) is 5.26 Å². The predicted molar refractivity (Wildman–Crippen MR) is 131 cm³/mol. The van der Waals surface area contributed by atoms with Crippen LogP contribution in [0.2, 0.25) is 0 Å². The fraction of sp³-hybridized carbons (Fsp3) is 0.367. The molecule has 0 spiro atoms. The number of nitrogens with zero attached hydrogens (tertiary/aromatic N) is 1. The van der Waals surface area contributed by atoms with E-state index in [2.05, 4.69) is 12.6 Å². The van der Waals surface area contributed by atoms with Crippen molar-refractivity contribution in [3.05, 3.63) is 94.8 Å². The first-order valence-corrected chi connectivity index (χ1v) is 12.2. The van der Waals surface area contributed by atoms with Gasteiger partial charge in [-0.1, -0.05) is 49.2 Å². The first kappa shape index (κ1) is 24.1. The van der Waals surface area contributed by atoms with Gasteiger partial charge in [0, 0.05) is 5.39 Å². The first-order chi connectivity index (χ1) is 16.5. The number of hydrogen-bond acceptors (Lipinski definition) is 1. The van der Waals surface area contributed by atoms with E-state index in [1.165, 1.54) is 43.7 Å². The number of halogens is 3. The van der Waals surface area contributed by atoms with Crippen molar-refractivity contribution in [2.45, 2.75) is 57.8 Å². The molecule has 4 rings (SSSR count). The highest BCUT2D eigenvalue weighted by Gasteiger charge is 2.20. The number of aryl methyl sites for hydroxylation is 3. The van der Waals surface area contributed by atoms with Gasteiger partial charge >= 0.3 is 0 Å². The van der Waals surface area contributed by atoms with Crippen LogP contribution in [0.25, 0.3) is 10.8 Å². The molecule has 3 aromatic rings. The Morgan fingerprint density at radius 3 is 2.24 bits per heavy atom. The van der Waals surface area contributed by atoms with Gasteiger partial charge in [0.05, 0.1) is 0 Å². The minimum Gasteiger partial charge on any atom is -0.206 e. The van der Waals surface area contributed by atoms with E-state index in [9.17, 15) is 8.78 Å². The molecular weight excluding hydrogens is 431 g/mol. The van der Waals surface area contributed by atoms with Crippen LogP contribution in [0.5, 0.6) is 0 Å². The van der Waals surface area contributed by atoms with Crippen molar-refractivity contribution in [3.63, 3.8) is 0 Å². The van der Waals surface area contributed by atoms with Crippen molar-refractivity contribution in [1.82, 2.24) is 0 Å². The van der Waals surface area contributed by atoms with Gasteiger partial charge in [-0.3, -0.25) is 0 Å². The number of nitriles is 1. The molecule has 1 nitrogen and oxygen atoms in total. The first-order valence-electron chi connectivity index (χ1n) is 12.2. The lowest BCUT2D eigenvalue weighted by Crippen LogP contribution is -2.14. The third kappa shape index (κ3) is 5.53. The van der Waals surface area contributed by atoms with E-state index in [1.807, 2.05) is 24.3 Å². The van der Waals surface area contributed by atoms with E-state index in [0.717, 1.165) is 42.2 Å². The van der Waals surface area contributed by atoms with Crippen LogP contribution < -0.4 is 0 Å². The van der Waals surface area contributed by atoms with Gasteiger partial charge in [-0.05, 0) is 91.0 Å². The van der Waals surface area contributed by atoms with Gasteiger partial charge in [0.2, 0.25) is 0 Å². The Kier molecular flexibility index (Phi) is 7.73. The molecule has 1 aliphatic rings. The van der Waals surface area contributed by atoms with Crippen molar-refractivity contribution in [2.75, 3.05) is 0 Å². The fourth-order valence-corrected chi connectivity index (χ4v) is 5.25. The highest BCUT2D eigenvalue weighted by atomic mass is 19.1. The van der Waals surface area contributed by atoms with Gasteiger partial charge in [0.25, 0.3) is 0 Å². The molecule has 0 aliphatic heterocycles. The zero-order chi connectivity index (χ0) is 24.1. The monoisotopic (exact) mass is 461 g/mol. The van der Waals surface area contributed by atoms with Crippen molar-refractivity contribution in [3.8, 4) is 6.07 Å². The summed E-state index contributed by atoms with van der Waals surface area (Å²) < 4.78 is 42.9. The Morgan fingerprint density at radius 2 is 1.56 bits per heavy atom. The van der Waals surface area contributed by atoms with Crippen LogP contribution in [0.15, 0.2) is 55.1 Å². The number of benzene rings is 3. The molecule has 0 aromatic heterocycles. The molecule has 0 amide bonds. The molecule has 0 atom stereocenters. The quantitative estimate of drug-likeness (QED) is 0.310. The van der Waals surface area contributed by atoms with Crippen molar-refractivity contribution in [1.29, 1.82) is 5.26 Å². The van der Waals surface area contributed by atoms with Crippen LogP contribution in [-0.4, -0.2) is 0 Å². The summed E-state index contributed by atoms with van der Waals surface area (Å²) in [6, 6.07) is 13.5. The third-order valence-corrected chi connectivity index (χ3v) is 7.30. The zero-order valence-electron chi connectivity index (χ0n) is 19.4. The van der Waals surface area contributed by atoms with Crippen molar-refractivity contribution in [2.24, 2.45) is 11.8 Å². The van der Waals surface area contributed by atoms with Gasteiger partial charge in [-0.25, -0.2) is 13.2 Å². The molecule has 0 radical (unpaired) electrons. The molecule has 0 bridgehead atoms. The Bertz CT molecular complexity index is 1190. The fourth-order valence-electron chi connectivity index (χ4n) is 5.25. The van der Waals surface area contributed by atoms with Gasteiger partial charge in [-0.15, -0.1) is 6.58 Å². The van der Waals surface area contributed by atoms with Gasteiger partial charge in [-0.2, -0.15) is 5.26 Å². The largest absolute Gasteiger partial charge is 0.206 e. The number of fused-ring (bicyclic) bond motifs is 1. The maximum Gasteiger partial charge on any atom is 0.144 e. The van der Waals surface area contributed by atoms with Crippen LogP contribution in [0.1, 0.15) is 60.8 Å².